The Bertz CT molecular complexity index is 1460. The molecule has 0 spiro atoms. The van der Waals surface area contributed by atoms with Crippen LogP contribution in [0.5, 0.6) is 0 Å². The molecule has 0 radical (unpaired) electrons. The third-order valence-electron chi connectivity index (χ3n) is 6.35. The summed E-state index contributed by atoms with van der Waals surface area (Å²) >= 11 is 0. The second kappa shape index (κ2) is 10.5. The van der Waals surface area contributed by atoms with Crippen LogP contribution in [0.1, 0.15) is 34.5 Å². The number of carboxylic acids is 1. The molecule has 4 heterocycles. The molecule has 1 aromatic carbocycles. The molecule has 2 N–H and O–H groups in total. The normalized spacial score (nSPS) is 13.9. The second-order valence-corrected chi connectivity index (χ2v) is 9.61. The molecule has 0 atom stereocenters. The zero-order valence-corrected chi connectivity index (χ0v) is 20.9. The highest BCUT2D eigenvalue weighted by atomic mass is 16.4. The lowest BCUT2D eigenvalue weighted by Crippen LogP contribution is -2.21. The number of amides is 1. The number of benzene rings is 1. The fourth-order valence-electron chi connectivity index (χ4n) is 4.73. The van der Waals surface area contributed by atoms with Gasteiger partial charge in [0.2, 0.25) is 0 Å². The Morgan fingerprint density at radius 1 is 0.973 bits per heavy atom. The molecule has 1 aliphatic heterocycles. The van der Waals surface area contributed by atoms with E-state index in [1.54, 1.807) is 30.7 Å². The summed E-state index contributed by atoms with van der Waals surface area (Å²) in [6.45, 7) is 3.69. The van der Waals surface area contributed by atoms with Crippen molar-refractivity contribution in [2.24, 2.45) is 0 Å². The van der Waals surface area contributed by atoms with E-state index in [9.17, 15) is 14.7 Å². The largest absolute Gasteiger partial charge is 0.476 e. The van der Waals surface area contributed by atoms with Crippen LogP contribution < -0.4 is 5.32 Å². The molecular weight excluding hydrogens is 470 g/mol. The average molecular weight is 500 g/mol. The predicted molar refractivity (Wildman–Crippen MR) is 140 cm³/mol. The summed E-state index contributed by atoms with van der Waals surface area (Å²) in [6, 6.07) is 8.67. The molecule has 1 saturated heterocycles. The quantitative estimate of drug-likeness (QED) is 0.393. The number of anilines is 1. The Hall–Kier alpha value is -4.15. The van der Waals surface area contributed by atoms with Crippen molar-refractivity contribution in [3.05, 3.63) is 71.9 Å². The van der Waals surface area contributed by atoms with Crippen LogP contribution in [-0.2, 0) is 13.1 Å². The van der Waals surface area contributed by atoms with Crippen LogP contribution in [0.3, 0.4) is 0 Å². The van der Waals surface area contributed by atoms with Gasteiger partial charge in [0.05, 0.1) is 17.4 Å². The summed E-state index contributed by atoms with van der Waals surface area (Å²) in [5.41, 5.74) is 4.46. The fraction of sp³-hybridized carbons (Fsp3) is 0.296. The minimum Gasteiger partial charge on any atom is -0.476 e. The second-order valence-electron chi connectivity index (χ2n) is 9.61. The molecule has 0 saturated carbocycles. The Labute approximate surface area is 214 Å². The summed E-state index contributed by atoms with van der Waals surface area (Å²) in [4.78, 5) is 38.1. The molecule has 3 aromatic heterocycles. The monoisotopic (exact) mass is 499 g/mol. The molecule has 37 heavy (non-hydrogen) atoms. The number of likely N-dealkylation sites (tertiary alicyclic amines) is 1. The Morgan fingerprint density at radius 2 is 1.73 bits per heavy atom. The van der Waals surface area contributed by atoms with E-state index in [0.717, 1.165) is 46.6 Å². The minimum atomic E-state index is -1.20. The van der Waals surface area contributed by atoms with Crippen LogP contribution in [-0.4, -0.2) is 73.8 Å². The van der Waals surface area contributed by atoms with Gasteiger partial charge in [-0.15, -0.1) is 0 Å². The first kappa shape index (κ1) is 24.5. The molecule has 10 heteroatoms. The van der Waals surface area contributed by atoms with Gasteiger partial charge >= 0.3 is 12.0 Å². The number of aromatic nitrogens is 4. The number of fused-ring (bicyclic) bond motifs is 1. The average Bonchev–Trinajstić information content (AvgIpc) is 3.51. The summed E-state index contributed by atoms with van der Waals surface area (Å²) < 4.78 is 1.09. The molecular formula is C27H29N7O3. The highest BCUT2D eigenvalue weighted by molar-refractivity contribution is 6.06. The van der Waals surface area contributed by atoms with Crippen molar-refractivity contribution >= 4 is 28.6 Å². The van der Waals surface area contributed by atoms with Crippen molar-refractivity contribution in [1.82, 2.24) is 29.5 Å². The van der Waals surface area contributed by atoms with Gasteiger partial charge in [0.15, 0.2) is 5.69 Å². The number of pyridine rings is 2. The first-order valence-corrected chi connectivity index (χ1v) is 12.2. The third kappa shape index (κ3) is 5.50. The van der Waals surface area contributed by atoms with Crippen molar-refractivity contribution in [2.45, 2.75) is 25.9 Å². The Balaban J connectivity index is 1.45. The lowest BCUT2D eigenvalue weighted by molar-refractivity contribution is 0.0692. The van der Waals surface area contributed by atoms with Gasteiger partial charge in [0, 0.05) is 42.6 Å². The number of carbonyl (C=O) groups is 2. The predicted octanol–water partition coefficient (Wildman–Crippen LogP) is 3.93. The molecule has 0 aliphatic carbocycles. The maximum absolute atomic E-state index is 13.1. The maximum Gasteiger partial charge on any atom is 0.357 e. The smallest absolute Gasteiger partial charge is 0.357 e. The first-order chi connectivity index (χ1) is 17.9. The van der Waals surface area contributed by atoms with Gasteiger partial charge in [0.25, 0.3) is 0 Å². The van der Waals surface area contributed by atoms with Crippen LogP contribution >= 0.6 is 0 Å². The molecule has 190 valence electrons. The maximum atomic E-state index is 13.1. The highest BCUT2D eigenvalue weighted by Gasteiger charge is 2.21. The number of carbonyl (C=O) groups excluding carboxylic acids is 1. The molecule has 1 amide bonds. The minimum absolute atomic E-state index is 0.187. The van der Waals surface area contributed by atoms with E-state index in [2.05, 4.69) is 31.3 Å². The SMILES string of the molecule is CN(C)Cc1cncc(NC(=O)n2nc(C(=O)O)c3cc(-c4cncc(CN5CCCC5)c4)ccc32)c1. The van der Waals surface area contributed by atoms with Gasteiger partial charge in [0.1, 0.15) is 0 Å². The van der Waals surface area contributed by atoms with Crippen LogP contribution in [0.2, 0.25) is 0 Å². The van der Waals surface area contributed by atoms with E-state index in [0.29, 0.717) is 23.1 Å². The Morgan fingerprint density at radius 3 is 2.49 bits per heavy atom. The number of hydrogen-bond acceptors (Lipinski definition) is 7. The van der Waals surface area contributed by atoms with Crippen molar-refractivity contribution < 1.29 is 14.7 Å². The number of rotatable bonds is 7. The van der Waals surface area contributed by atoms with Crippen LogP contribution in [0.15, 0.2) is 55.1 Å². The van der Waals surface area contributed by atoms with Crippen molar-refractivity contribution in [3.8, 4) is 11.1 Å². The topological polar surface area (TPSA) is 116 Å². The van der Waals surface area contributed by atoms with Crippen LogP contribution in [0.4, 0.5) is 10.5 Å². The van der Waals surface area contributed by atoms with Crippen LogP contribution in [0.25, 0.3) is 22.0 Å². The molecule has 5 rings (SSSR count). The van der Waals surface area contributed by atoms with E-state index in [4.69, 9.17) is 0 Å². The van der Waals surface area contributed by atoms with Crippen LogP contribution in [0, 0.1) is 0 Å². The molecule has 10 nitrogen and oxygen atoms in total. The molecule has 1 fully saturated rings. The van der Waals surface area contributed by atoms with Gasteiger partial charge in [-0.05, 0) is 81.0 Å². The van der Waals surface area contributed by atoms with Gasteiger partial charge in [-0.3, -0.25) is 14.9 Å². The Kier molecular flexibility index (Phi) is 6.93. The summed E-state index contributed by atoms with van der Waals surface area (Å²) in [7, 11) is 3.89. The number of hydrogen-bond donors (Lipinski definition) is 2. The van der Waals surface area contributed by atoms with Crippen molar-refractivity contribution in [1.29, 1.82) is 0 Å². The van der Waals surface area contributed by atoms with E-state index in [1.165, 1.54) is 12.8 Å². The number of nitrogens with one attached hydrogen (secondary N) is 1. The molecule has 0 unspecified atom stereocenters. The highest BCUT2D eigenvalue weighted by Crippen LogP contribution is 2.28. The van der Waals surface area contributed by atoms with Crippen molar-refractivity contribution in [2.75, 3.05) is 32.5 Å². The summed E-state index contributed by atoms with van der Waals surface area (Å²) in [5.74, 6) is -1.20. The molecule has 4 aromatic rings. The third-order valence-corrected chi connectivity index (χ3v) is 6.35. The lowest BCUT2D eigenvalue weighted by atomic mass is 10.0. The van der Waals surface area contributed by atoms with E-state index < -0.39 is 12.0 Å². The standard InChI is InChI=1S/C27H29N7O3/c1-32(2)16-19-10-22(15-29-13-19)30-27(37)34-24-6-5-20(11-23(24)25(31-34)26(35)36)21-9-18(12-28-14-21)17-33-7-3-4-8-33/h5-6,9-15H,3-4,7-8,16-17H2,1-2H3,(H,30,37)(H,35,36). The number of aromatic carboxylic acids is 1. The first-order valence-electron chi connectivity index (χ1n) is 12.2. The zero-order chi connectivity index (χ0) is 25.9. The number of carboxylic acid groups (broad SMARTS) is 1. The molecule has 1 aliphatic rings. The lowest BCUT2D eigenvalue weighted by Gasteiger charge is -2.14. The van der Waals surface area contributed by atoms with Crippen molar-refractivity contribution in [3.63, 3.8) is 0 Å². The van der Waals surface area contributed by atoms with Gasteiger partial charge < -0.3 is 15.3 Å². The summed E-state index contributed by atoms with van der Waals surface area (Å²) in [6.07, 6.45) is 9.35. The van der Waals surface area contributed by atoms with Gasteiger partial charge in [-0.2, -0.15) is 9.78 Å². The van der Waals surface area contributed by atoms with Gasteiger partial charge in [-0.1, -0.05) is 6.07 Å². The van der Waals surface area contributed by atoms with E-state index >= 15 is 0 Å². The van der Waals surface area contributed by atoms with E-state index in [-0.39, 0.29) is 5.69 Å². The zero-order valence-electron chi connectivity index (χ0n) is 20.9. The number of nitrogens with zero attached hydrogens (tertiary/aromatic N) is 6. The fourth-order valence-corrected chi connectivity index (χ4v) is 4.73. The summed E-state index contributed by atoms with van der Waals surface area (Å²) in [5, 5.41) is 17.1. The van der Waals surface area contributed by atoms with Gasteiger partial charge in [-0.25, -0.2) is 9.59 Å². The van der Waals surface area contributed by atoms with E-state index in [1.807, 2.05) is 37.3 Å². The molecule has 0 bridgehead atoms.